The Labute approximate surface area is 245 Å². The van der Waals surface area contributed by atoms with Gasteiger partial charge in [0.2, 0.25) is 11.8 Å². The molecule has 0 aromatic heterocycles. The van der Waals surface area contributed by atoms with Gasteiger partial charge in [-0.1, -0.05) is 92.6 Å². The molecular formula is C32H38N2O6S. The van der Waals surface area contributed by atoms with E-state index in [1.54, 1.807) is 0 Å². The van der Waals surface area contributed by atoms with Crippen LogP contribution in [0.25, 0.3) is 10.8 Å². The van der Waals surface area contributed by atoms with Gasteiger partial charge in [-0.05, 0) is 34.7 Å². The molecule has 0 fully saturated rings. The van der Waals surface area contributed by atoms with Gasteiger partial charge in [0.1, 0.15) is 18.8 Å². The van der Waals surface area contributed by atoms with E-state index in [-0.39, 0.29) is 18.3 Å². The van der Waals surface area contributed by atoms with E-state index in [2.05, 4.69) is 10.1 Å². The maximum absolute atomic E-state index is 13.7. The first-order valence-corrected chi connectivity index (χ1v) is 14.9. The van der Waals surface area contributed by atoms with Crippen molar-refractivity contribution in [1.29, 1.82) is 5.41 Å². The van der Waals surface area contributed by atoms with Crippen molar-refractivity contribution in [2.75, 3.05) is 11.5 Å². The van der Waals surface area contributed by atoms with E-state index in [1.807, 2.05) is 79.7 Å². The number of nitrogens with one attached hydrogen (secondary N) is 2. The number of benzene rings is 3. The molecule has 0 bridgehead atoms. The van der Waals surface area contributed by atoms with Crippen LogP contribution in [0.15, 0.2) is 72.8 Å². The summed E-state index contributed by atoms with van der Waals surface area (Å²) in [6.45, 7) is 3.31. The van der Waals surface area contributed by atoms with E-state index in [0.29, 0.717) is 18.6 Å². The largest absolute Gasteiger partial charge is 0.459 e. The average molecular weight is 579 g/mol. The first kappa shape index (κ1) is 31.8. The zero-order valence-corrected chi connectivity index (χ0v) is 24.3. The van der Waals surface area contributed by atoms with E-state index in [9.17, 15) is 19.5 Å². The monoisotopic (exact) mass is 578 g/mol. The van der Waals surface area contributed by atoms with Gasteiger partial charge in [0.05, 0.1) is 5.92 Å². The van der Waals surface area contributed by atoms with E-state index >= 15 is 0 Å². The standard InChI is InChI=1S/C32H38N2O6S/c1-3-4-17-28(32(38)39-19-23-11-6-5-7-12-23)34-31(37)26(20-41-21-29(36)30(33)40-22(2)35)18-25-15-10-14-24-13-8-9-16-27(24)25/h5-16,26,28-29,33,36H,3-4,17-21H2,1-2H3,(H,34,37)/t26-,28+,29?/m1/s1. The Bertz CT molecular complexity index is 1310. The van der Waals surface area contributed by atoms with Crippen molar-refractivity contribution >= 4 is 46.3 Å². The lowest BCUT2D eigenvalue weighted by molar-refractivity contribution is -0.149. The summed E-state index contributed by atoms with van der Waals surface area (Å²) in [6.07, 6.45) is 1.20. The van der Waals surface area contributed by atoms with Crippen LogP contribution in [-0.2, 0) is 36.9 Å². The molecule has 1 amide bonds. The third-order valence-electron chi connectivity index (χ3n) is 6.54. The van der Waals surface area contributed by atoms with Crippen molar-refractivity contribution in [3.8, 4) is 0 Å². The lowest BCUT2D eigenvalue weighted by Gasteiger charge is -2.23. The Morgan fingerprint density at radius 3 is 2.41 bits per heavy atom. The lowest BCUT2D eigenvalue weighted by atomic mass is 9.95. The van der Waals surface area contributed by atoms with Crippen LogP contribution in [0.1, 0.15) is 44.2 Å². The number of amides is 1. The van der Waals surface area contributed by atoms with Crippen LogP contribution in [-0.4, -0.2) is 52.5 Å². The Hall–Kier alpha value is -3.69. The summed E-state index contributed by atoms with van der Waals surface area (Å²) in [5.41, 5.74) is 1.86. The van der Waals surface area contributed by atoms with Gasteiger partial charge in [0.25, 0.3) is 0 Å². The van der Waals surface area contributed by atoms with Gasteiger partial charge in [-0.2, -0.15) is 11.8 Å². The first-order valence-electron chi connectivity index (χ1n) is 13.8. The number of unbranched alkanes of at least 4 members (excludes halogenated alkanes) is 1. The van der Waals surface area contributed by atoms with Crippen LogP contribution in [0.4, 0.5) is 0 Å². The minimum atomic E-state index is -1.28. The Morgan fingerprint density at radius 2 is 1.68 bits per heavy atom. The number of fused-ring (bicyclic) bond motifs is 1. The highest BCUT2D eigenvalue weighted by Gasteiger charge is 2.28. The first-order chi connectivity index (χ1) is 19.8. The summed E-state index contributed by atoms with van der Waals surface area (Å²) in [5, 5.41) is 23.0. The Kier molecular flexibility index (Phi) is 12.8. The van der Waals surface area contributed by atoms with Crippen LogP contribution < -0.4 is 5.32 Å². The number of hydrogen-bond acceptors (Lipinski definition) is 8. The van der Waals surface area contributed by atoms with Crippen molar-refractivity contribution in [3.05, 3.63) is 83.9 Å². The second-order valence-corrected chi connectivity index (χ2v) is 10.9. The van der Waals surface area contributed by atoms with Gasteiger partial charge in [-0.15, -0.1) is 0 Å². The number of ether oxygens (including phenoxy) is 2. The highest BCUT2D eigenvalue weighted by molar-refractivity contribution is 7.99. The Morgan fingerprint density at radius 1 is 0.976 bits per heavy atom. The van der Waals surface area contributed by atoms with Gasteiger partial charge in [0, 0.05) is 18.4 Å². The van der Waals surface area contributed by atoms with Crippen LogP contribution in [0.3, 0.4) is 0 Å². The average Bonchev–Trinajstić information content (AvgIpc) is 2.97. The molecular weight excluding hydrogens is 540 g/mol. The highest BCUT2D eigenvalue weighted by atomic mass is 32.2. The number of carbonyl (C=O) groups excluding carboxylic acids is 3. The minimum Gasteiger partial charge on any atom is -0.459 e. The summed E-state index contributed by atoms with van der Waals surface area (Å²) < 4.78 is 10.2. The molecule has 0 aliphatic heterocycles. The minimum absolute atomic E-state index is 0.0732. The fourth-order valence-electron chi connectivity index (χ4n) is 4.36. The molecule has 1 unspecified atom stereocenters. The molecule has 3 atom stereocenters. The number of hydrogen-bond donors (Lipinski definition) is 3. The third-order valence-corrected chi connectivity index (χ3v) is 7.73. The second kappa shape index (κ2) is 16.5. The van der Waals surface area contributed by atoms with Crippen LogP contribution in [0.2, 0.25) is 0 Å². The number of carbonyl (C=O) groups is 3. The zero-order valence-electron chi connectivity index (χ0n) is 23.5. The topological polar surface area (TPSA) is 126 Å². The van der Waals surface area contributed by atoms with Gasteiger partial charge >= 0.3 is 11.9 Å². The number of rotatable bonds is 15. The number of aliphatic hydroxyl groups is 1. The van der Waals surface area contributed by atoms with E-state index < -0.39 is 35.9 Å². The Balaban J connectivity index is 1.74. The fourth-order valence-corrected chi connectivity index (χ4v) is 5.42. The molecule has 0 heterocycles. The summed E-state index contributed by atoms with van der Waals surface area (Å²) in [4.78, 5) is 37.9. The van der Waals surface area contributed by atoms with Crippen molar-refractivity contribution in [2.45, 2.75) is 58.3 Å². The SMILES string of the molecule is CCCC[C@H](NC(=O)[C@@H](CSCC(O)C(=N)OC(C)=O)Cc1cccc2ccccc12)C(=O)OCc1ccccc1. The number of esters is 2. The molecule has 3 aromatic rings. The van der Waals surface area contributed by atoms with Gasteiger partial charge in [0.15, 0.2) is 0 Å². The van der Waals surface area contributed by atoms with Gasteiger partial charge in [-0.25, -0.2) is 4.79 Å². The molecule has 0 aliphatic carbocycles. The molecule has 3 rings (SSSR count). The van der Waals surface area contributed by atoms with E-state index in [0.717, 1.165) is 34.7 Å². The van der Waals surface area contributed by atoms with Crippen molar-refractivity contribution in [2.24, 2.45) is 5.92 Å². The third kappa shape index (κ3) is 10.3. The smallest absolute Gasteiger partial charge is 0.328 e. The molecule has 41 heavy (non-hydrogen) atoms. The molecule has 3 aromatic carbocycles. The maximum atomic E-state index is 13.7. The zero-order chi connectivity index (χ0) is 29.6. The quantitative estimate of drug-likeness (QED) is 0.131. The van der Waals surface area contributed by atoms with E-state index in [1.165, 1.54) is 18.7 Å². The van der Waals surface area contributed by atoms with Crippen LogP contribution in [0, 0.1) is 11.3 Å². The molecule has 8 nitrogen and oxygen atoms in total. The highest BCUT2D eigenvalue weighted by Crippen LogP contribution is 2.24. The molecule has 218 valence electrons. The lowest BCUT2D eigenvalue weighted by Crippen LogP contribution is -2.45. The molecule has 0 spiro atoms. The maximum Gasteiger partial charge on any atom is 0.328 e. The molecule has 3 N–H and O–H groups in total. The molecule has 0 radical (unpaired) electrons. The second-order valence-electron chi connectivity index (χ2n) is 9.85. The van der Waals surface area contributed by atoms with Gasteiger partial charge < -0.3 is 19.9 Å². The van der Waals surface area contributed by atoms with Crippen LogP contribution >= 0.6 is 11.8 Å². The normalized spacial score (nSPS) is 13.1. The van der Waals surface area contributed by atoms with Gasteiger partial charge in [-0.3, -0.25) is 15.0 Å². The molecule has 0 aliphatic rings. The summed E-state index contributed by atoms with van der Waals surface area (Å²) in [7, 11) is 0. The van der Waals surface area contributed by atoms with Crippen molar-refractivity contribution in [3.63, 3.8) is 0 Å². The molecule has 0 saturated carbocycles. The number of thioether (sulfide) groups is 1. The fraction of sp³-hybridized carbons (Fsp3) is 0.375. The molecule has 9 heteroatoms. The predicted octanol–water partition coefficient (Wildman–Crippen LogP) is 5.05. The summed E-state index contributed by atoms with van der Waals surface area (Å²) >= 11 is 1.28. The number of aliphatic hydroxyl groups excluding tert-OH is 1. The van der Waals surface area contributed by atoms with E-state index in [4.69, 9.17) is 10.1 Å². The summed E-state index contributed by atoms with van der Waals surface area (Å²) in [6, 6.07) is 22.5. The summed E-state index contributed by atoms with van der Waals surface area (Å²) in [5.74, 6) is -2.11. The predicted molar refractivity (Wildman–Crippen MR) is 162 cm³/mol. The molecule has 0 saturated heterocycles. The van der Waals surface area contributed by atoms with Crippen LogP contribution in [0.5, 0.6) is 0 Å². The van der Waals surface area contributed by atoms with Crippen molar-refractivity contribution < 1.29 is 29.0 Å². The van der Waals surface area contributed by atoms with Crippen molar-refractivity contribution in [1.82, 2.24) is 5.32 Å².